The Morgan fingerprint density at radius 1 is 1.26 bits per heavy atom. The summed E-state index contributed by atoms with van der Waals surface area (Å²) < 4.78 is 5.74. The molecule has 2 aromatic rings. The Kier molecular flexibility index (Phi) is 5.05. The molecule has 122 valence electrons. The molecule has 1 aliphatic rings. The van der Waals surface area contributed by atoms with E-state index >= 15 is 0 Å². The number of nitrogen functional groups attached to an aromatic ring is 1. The van der Waals surface area contributed by atoms with E-state index in [0.717, 1.165) is 36.6 Å². The van der Waals surface area contributed by atoms with E-state index in [-0.39, 0.29) is 0 Å². The molecule has 2 heterocycles. The molecule has 0 radical (unpaired) electrons. The lowest BCUT2D eigenvalue weighted by Gasteiger charge is -2.18. The van der Waals surface area contributed by atoms with Crippen LogP contribution in [0.4, 0.5) is 11.8 Å². The number of nitrogens with zero attached hydrogens (tertiary/aromatic N) is 3. The zero-order chi connectivity index (χ0) is 16.1. The highest BCUT2D eigenvalue weighted by molar-refractivity contribution is 5.44. The van der Waals surface area contributed by atoms with Gasteiger partial charge in [-0.25, -0.2) is 4.98 Å². The van der Waals surface area contributed by atoms with Gasteiger partial charge in [0.25, 0.3) is 0 Å². The lowest BCUT2D eigenvalue weighted by atomic mass is 10.2. The lowest BCUT2D eigenvalue weighted by molar-refractivity contribution is 0.104. The average Bonchev–Trinajstić information content (AvgIpc) is 3.04. The predicted octanol–water partition coefficient (Wildman–Crippen LogP) is 1.57. The Labute approximate surface area is 136 Å². The van der Waals surface area contributed by atoms with Crippen LogP contribution in [0.1, 0.15) is 17.7 Å². The van der Waals surface area contributed by atoms with Crippen LogP contribution in [0.25, 0.3) is 0 Å². The summed E-state index contributed by atoms with van der Waals surface area (Å²) in [7, 11) is 1.99. The van der Waals surface area contributed by atoms with E-state index in [1.807, 2.05) is 43.4 Å². The number of rotatable bonds is 6. The lowest BCUT2D eigenvalue weighted by Crippen LogP contribution is -2.30. The Morgan fingerprint density at radius 2 is 2.09 bits per heavy atom. The third-order valence-electron chi connectivity index (χ3n) is 4.06. The number of nitrogens with one attached hydrogen (secondary N) is 1. The summed E-state index contributed by atoms with van der Waals surface area (Å²) in [5.74, 6) is 1.18. The van der Waals surface area contributed by atoms with Gasteiger partial charge >= 0.3 is 0 Å². The molecule has 3 rings (SSSR count). The number of aromatic nitrogens is 2. The van der Waals surface area contributed by atoms with E-state index in [0.29, 0.717) is 25.2 Å². The van der Waals surface area contributed by atoms with Crippen molar-refractivity contribution in [2.45, 2.75) is 25.7 Å². The SMILES string of the molecule is CN[C@@H]1CCN(c2cc(COCc3ccccc3)nc(N)n2)C1. The van der Waals surface area contributed by atoms with Crippen molar-refractivity contribution in [3.8, 4) is 0 Å². The average molecular weight is 313 g/mol. The van der Waals surface area contributed by atoms with Crippen LogP contribution in [-0.2, 0) is 18.0 Å². The number of nitrogens with two attached hydrogens (primary N) is 1. The van der Waals surface area contributed by atoms with Gasteiger partial charge in [0.2, 0.25) is 5.95 Å². The van der Waals surface area contributed by atoms with E-state index in [9.17, 15) is 0 Å². The minimum absolute atomic E-state index is 0.300. The minimum Gasteiger partial charge on any atom is -0.370 e. The molecule has 23 heavy (non-hydrogen) atoms. The van der Waals surface area contributed by atoms with Crippen LogP contribution >= 0.6 is 0 Å². The molecule has 1 aliphatic heterocycles. The van der Waals surface area contributed by atoms with Crippen molar-refractivity contribution < 1.29 is 4.74 Å². The Hall–Kier alpha value is -2.18. The van der Waals surface area contributed by atoms with Crippen LogP contribution in [-0.4, -0.2) is 36.1 Å². The maximum absolute atomic E-state index is 5.86. The summed E-state index contributed by atoms with van der Waals surface area (Å²) in [6.07, 6.45) is 1.11. The predicted molar refractivity (Wildman–Crippen MR) is 91.1 cm³/mol. The maximum atomic E-state index is 5.86. The summed E-state index contributed by atoms with van der Waals surface area (Å²) in [6, 6.07) is 12.6. The molecule has 0 aliphatic carbocycles. The smallest absolute Gasteiger partial charge is 0.222 e. The van der Waals surface area contributed by atoms with E-state index in [4.69, 9.17) is 10.5 Å². The first-order chi connectivity index (χ1) is 11.2. The Balaban J connectivity index is 1.61. The van der Waals surface area contributed by atoms with Gasteiger partial charge in [-0.15, -0.1) is 0 Å². The maximum Gasteiger partial charge on any atom is 0.222 e. The minimum atomic E-state index is 0.300. The van der Waals surface area contributed by atoms with Crippen molar-refractivity contribution in [3.63, 3.8) is 0 Å². The van der Waals surface area contributed by atoms with E-state index in [1.54, 1.807) is 0 Å². The molecule has 0 bridgehead atoms. The third-order valence-corrected chi connectivity index (χ3v) is 4.06. The molecule has 0 unspecified atom stereocenters. The quantitative estimate of drug-likeness (QED) is 0.843. The Bertz CT molecular complexity index is 634. The molecular formula is C17H23N5O. The van der Waals surface area contributed by atoms with Crippen molar-refractivity contribution in [1.29, 1.82) is 0 Å². The molecule has 1 fully saturated rings. The second kappa shape index (κ2) is 7.39. The van der Waals surface area contributed by atoms with E-state index in [1.165, 1.54) is 0 Å². The normalized spacial score (nSPS) is 17.6. The fourth-order valence-corrected chi connectivity index (χ4v) is 2.79. The number of benzene rings is 1. The third kappa shape index (κ3) is 4.18. The van der Waals surface area contributed by atoms with Gasteiger partial charge in [-0.2, -0.15) is 4.98 Å². The van der Waals surface area contributed by atoms with Gasteiger partial charge in [0.05, 0.1) is 18.9 Å². The summed E-state index contributed by atoms with van der Waals surface area (Å²) in [5, 5.41) is 3.30. The van der Waals surface area contributed by atoms with Gasteiger partial charge < -0.3 is 20.7 Å². The van der Waals surface area contributed by atoms with Gasteiger partial charge in [0, 0.05) is 25.2 Å². The fourth-order valence-electron chi connectivity index (χ4n) is 2.79. The van der Waals surface area contributed by atoms with Crippen molar-refractivity contribution in [3.05, 3.63) is 47.7 Å². The molecular weight excluding hydrogens is 290 g/mol. The number of hydrogen-bond donors (Lipinski definition) is 2. The summed E-state index contributed by atoms with van der Waals surface area (Å²) in [5.41, 5.74) is 7.82. The molecule has 6 nitrogen and oxygen atoms in total. The van der Waals surface area contributed by atoms with E-state index < -0.39 is 0 Å². The number of anilines is 2. The number of likely N-dealkylation sites (N-methyl/N-ethyl adjacent to an activating group) is 1. The van der Waals surface area contributed by atoms with Gasteiger partial charge in [-0.1, -0.05) is 30.3 Å². The molecule has 6 heteroatoms. The van der Waals surface area contributed by atoms with Crippen molar-refractivity contribution in [1.82, 2.24) is 15.3 Å². The van der Waals surface area contributed by atoms with Gasteiger partial charge in [0.15, 0.2) is 0 Å². The van der Waals surface area contributed by atoms with Crippen molar-refractivity contribution >= 4 is 11.8 Å². The first-order valence-electron chi connectivity index (χ1n) is 7.92. The number of ether oxygens (including phenoxy) is 1. The molecule has 1 aromatic heterocycles. The van der Waals surface area contributed by atoms with Gasteiger partial charge in [-0.3, -0.25) is 0 Å². The zero-order valence-electron chi connectivity index (χ0n) is 13.4. The fraction of sp³-hybridized carbons (Fsp3) is 0.412. The summed E-state index contributed by atoms with van der Waals surface area (Å²) >= 11 is 0. The topological polar surface area (TPSA) is 76.3 Å². The number of hydrogen-bond acceptors (Lipinski definition) is 6. The molecule has 0 saturated carbocycles. The molecule has 1 aromatic carbocycles. The van der Waals surface area contributed by atoms with Crippen molar-refractivity contribution in [2.24, 2.45) is 0 Å². The molecule has 1 saturated heterocycles. The summed E-state index contributed by atoms with van der Waals surface area (Å²) in [4.78, 5) is 10.9. The van der Waals surface area contributed by atoms with Crippen molar-refractivity contribution in [2.75, 3.05) is 30.8 Å². The van der Waals surface area contributed by atoms with Gasteiger partial charge in [-0.05, 0) is 19.0 Å². The highest BCUT2D eigenvalue weighted by Crippen LogP contribution is 2.20. The largest absolute Gasteiger partial charge is 0.370 e. The monoisotopic (exact) mass is 313 g/mol. The second-order valence-electron chi connectivity index (χ2n) is 5.77. The second-order valence-corrected chi connectivity index (χ2v) is 5.77. The van der Waals surface area contributed by atoms with Crippen LogP contribution in [0.2, 0.25) is 0 Å². The van der Waals surface area contributed by atoms with Crippen LogP contribution in [0.5, 0.6) is 0 Å². The highest BCUT2D eigenvalue weighted by atomic mass is 16.5. The first-order valence-corrected chi connectivity index (χ1v) is 7.92. The molecule has 1 atom stereocenters. The van der Waals surface area contributed by atoms with Crippen LogP contribution in [0.15, 0.2) is 36.4 Å². The Morgan fingerprint density at radius 3 is 2.83 bits per heavy atom. The first kappa shape index (κ1) is 15.7. The van der Waals surface area contributed by atoms with Crippen LogP contribution < -0.4 is 16.0 Å². The molecule has 3 N–H and O–H groups in total. The summed E-state index contributed by atoms with van der Waals surface area (Å²) in [6.45, 7) is 2.91. The van der Waals surface area contributed by atoms with Crippen LogP contribution in [0.3, 0.4) is 0 Å². The standard InChI is InChI=1S/C17H23N5O/c1-19-14-7-8-22(10-14)16-9-15(20-17(18)21-16)12-23-11-13-5-3-2-4-6-13/h2-6,9,14,19H,7-8,10-12H2,1H3,(H2,18,20,21)/t14-/m1/s1. The molecule has 0 amide bonds. The van der Waals surface area contributed by atoms with E-state index in [2.05, 4.69) is 20.2 Å². The zero-order valence-corrected chi connectivity index (χ0v) is 13.4. The highest BCUT2D eigenvalue weighted by Gasteiger charge is 2.22. The van der Waals surface area contributed by atoms with Gasteiger partial charge in [0.1, 0.15) is 5.82 Å². The van der Waals surface area contributed by atoms with Crippen LogP contribution in [0, 0.1) is 0 Å². The molecule has 0 spiro atoms.